The Labute approximate surface area is 169 Å². The van der Waals surface area contributed by atoms with E-state index >= 15 is 0 Å². The fourth-order valence-electron chi connectivity index (χ4n) is 3.51. The molecular formula is C22H17BrO5. The first-order valence-electron chi connectivity index (χ1n) is 8.88. The summed E-state index contributed by atoms with van der Waals surface area (Å²) in [5.74, 6) is -0.317. The van der Waals surface area contributed by atoms with Gasteiger partial charge in [0.15, 0.2) is 0 Å². The highest BCUT2D eigenvalue weighted by Crippen LogP contribution is 2.45. The highest BCUT2D eigenvalue weighted by molar-refractivity contribution is 9.10. The van der Waals surface area contributed by atoms with Gasteiger partial charge in [-0.25, -0.2) is 9.59 Å². The maximum atomic E-state index is 12.9. The second-order valence-electron chi connectivity index (χ2n) is 6.41. The second kappa shape index (κ2) is 7.28. The number of esters is 1. The van der Waals surface area contributed by atoms with Gasteiger partial charge in [-0.3, -0.25) is 0 Å². The number of rotatable bonds is 3. The standard InChI is InChI=1S/C22H17BrO5/c1-3-26-21(24)17-12(2)27-20-15-6-4-5-7-16(15)28-22(25)19(20)18(17)13-8-10-14(23)11-9-13/h4-11,18H,3H2,1-2H3. The molecule has 1 aromatic heterocycles. The fraction of sp³-hybridized carbons (Fsp3) is 0.182. The average Bonchev–Trinajstić information content (AvgIpc) is 2.68. The minimum Gasteiger partial charge on any atom is -0.463 e. The van der Waals surface area contributed by atoms with Gasteiger partial charge < -0.3 is 13.9 Å². The molecule has 3 aromatic rings. The summed E-state index contributed by atoms with van der Waals surface area (Å²) in [5.41, 5.74) is 1.29. The maximum Gasteiger partial charge on any atom is 0.344 e. The zero-order chi connectivity index (χ0) is 19.8. The lowest BCUT2D eigenvalue weighted by Crippen LogP contribution is -2.27. The van der Waals surface area contributed by atoms with E-state index in [0.29, 0.717) is 33.6 Å². The van der Waals surface area contributed by atoms with E-state index in [4.69, 9.17) is 13.9 Å². The summed E-state index contributed by atoms with van der Waals surface area (Å²) in [6.07, 6.45) is 0. The molecule has 5 nitrogen and oxygen atoms in total. The minimum absolute atomic E-state index is 0.224. The molecule has 0 saturated carbocycles. The molecule has 142 valence electrons. The summed E-state index contributed by atoms with van der Waals surface area (Å²) in [5, 5.41) is 0.682. The van der Waals surface area contributed by atoms with Gasteiger partial charge in [-0.2, -0.15) is 0 Å². The molecule has 0 spiro atoms. The smallest absolute Gasteiger partial charge is 0.344 e. The Morgan fingerprint density at radius 3 is 2.57 bits per heavy atom. The van der Waals surface area contributed by atoms with Crippen LogP contribution in [0.5, 0.6) is 5.75 Å². The SMILES string of the molecule is CCOC(=O)C1=C(C)Oc2c(c(=O)oc3ccccc23)C1c1ccc(Br)cc1. The van der Waals surface area contributed by atoms with Crippen molar-refractivity contribution in [3.8, 4) is 5.75 Å². The topological polar surface area (TPSA) is 65.7 Å². The van der Waals surface area contributed by atoms with Crippen LogP contribution in [-0.2, 0) is 9.53 Å². The number of benzene rings is 2. The third-order valence-electron chi connectivity index (χ3n) is 4.71. The van der Waals surface area contributed by atoms with E-state index in [1.165, 1.54) is 0 Å². The molecule has 4 rings (SSSR count). The van der Waals surface area contributed by atoms with Crippen LogP contribution < -0.4 is 10.4 Å². The minimum atomic E-state index is -0.642. The zero-order valence-electron chi connectivity index (χ0n) is 15.3. The second-order valence-corrected chi connectivity index (χ2v) is 7.32. The summed E-state index contributed by atoms with van der Waals surface area (Å²) < 4.78 is 17.7. The van der Waals surface area contributed by atoms with Crippen molar-refractivity contribution >= 4 is 32.9 Å². The number of allylic oxidation sites excluding steroid dienone is 1. The van der Waals surface area contributed by atoms with Crippen molar-refractivity contribution in [2.45, 2.75) is 19.8 Å². The van der Waals surface area contributed by atoms with E-state index in [-0.39, 0.29) is 6.61 Å². The third kappa shape index (κ3) is 3.03. The summed E-state index contributed by atoms with van der Waals surface area (Å²) in [7, 11) is 0. The summed E-state index contributed by atoms with van der Waals surface area (Å²) in [6, 6.07) is 14.7. The lowest BCUT2D eigenvalue weighted by molar-refractivity contribution is -0.139. The number of carbonyl (C=O) groups excluding carboxylic acids is 1. The number of hydrogen-bond acceptors (Lipinski definition) is 5. The Morgan fingerprint density at radius 2 is 1.86 bits per heavy atom. The Kier molecular flexibility index (Phi) is 4.81. The molecule has 0 saturated heterocycles. The van der Waals surface area contributed by atoms with Crippen LogP contribution in [0.2, 0.25) is 0 Å². The van der Waals surface area contributed by atoms with Crippen molar-refractivity contribution in [1.82, 2.24) is 0 Å². The van der Waals surface area contributed by atoms with E-state index in [0.717, 1.165) is 10.0 Å². The van der Waals surface area contributed by atoms with Gasteiger partial charge >= 0.3 is 11.6 Å². The monoisotopic (exact) mass is 440 g/mol. The molecule has 0 radical (unpaired) electrons. The first-order valence-corrected chi connectivity index (χ1v) is 9.67. The molecule has 1 unspecified atom stereocenters. The number of halogens is 1. The number of para-hydroxylation sites is 1. The van der Waals surface area contributed by atoms with Gasteiger partial charge in [0.05, 0.1) is 29.0 Å². The molecule has 6 heteroatoms. The van der Waals surface area contributed by atoms with Gasteiger partial charge in [-0.1, -0.05) is 40.2 Å². The van der Waals surface area contributed by atoms with E-state index in [9.17, 15) is 9.59 Å². The molecule has 0 fully saturated rings. The van der Waals surface area contributed by atoms with Crippen molar-refractivity contribution in [2.24, 2.45) is 0 Å². The molecule has 1 atom stereocenters. The third-order valence-corrected chi connectivity index (χ3v) is 5.24. The van der Waals surface area contributed by atoms with Crippen molar-refractivity contribution in [2.75, 3.05) is 6.61 Å². The molecule has 28 heavy (non-hydrogen) atoms. The van der Waals surface area contributed by atoms with Crippen molar-refractivity contribution in [3.63, 3.8) is 0 Å². The molecule has 1 aliphatic rings. The Hall–Kier alpha value is -2.86. The maximum absolute atomic E-state index is 12.9. The fourth-order valence-corrected chi connectivity index (χ4v) is 3.77. The molecule has 2 heterocycles. The van der Waals surface area contributed by atoms with Crippen LogP contribution in [0, 0.1) is 0 Å². The zero-order valence-corrected chi connectivity index (χ0v) is 16.9. The van der Waals surface area contributed by atoms with Crippen LogP contribution in [0.3, 0.4) is 0 Å². The highest BCUT2D eigenvalue weighted by atomic mass is 79.9. The van der Waals surface area contributed by atoms with Gasteiger partial charge in [0, 0.05) is 4.47 Å². The van der Waals surface area contributed by atoms with Crippen LogP contribution in [-0.4, -0.2) is 12.6 Å². The van der Waals surface area contributed by atoms with E-state index in [2.05, 4.69) is 15.9 Å². The molecule has 0 amide bonds. The Bertz CT molecular complexity index is 1160. The molecule has 1 aliphatic heterocycles. The van der Waals surface area contributed by atoms with Crippen LogP contribution in [0.4, 0.5) is 0 Å². The lowest BCUT2D eigenvalue weighted by atomic mass is 9.82. The molecule has 0 bridgehead atoms. The number of ether oxygens (including phenoxy) is 2. The van der Waals surface area contributed by atoms with Crippen molar-refractivity contribution in [1.29, 1.82) is 0 Å². The normalized spacial score (nSPS) is 15.9. The number of fused-ring (bicyclic) bond motifs is 3. The van der Waals surface area contributed by atoms with E-state index in [1.807, 2.05) is 36.4 Å². The molecule has 2 aromatic carbocycles. The van der Waals surface area contributed by atoms with Gasteiger partial charge in [-0.05, 0) is 43.7 Å². The molecule has 0 aliphatic carbocycles. The van der Waals surface area contributed by atoms with Crippen molar-refractivity contribution < 1.29 is 18.7 Å². The van der Waals surface area contributed by atoms with Gasteiger partial charge in [-0.15, -0.1) is 0 Å². The quantitative estimate of drug-likeness (QED) is 0.427. The summed E-state index contributed by atoms with van der Waals surface area (Å²) >= 11 is 3.42. The van der Waals surface area contributed by atoms with Gasteiger partial charge in [0.25, 0.3) is 0 Å². The number of carbonyl (C=O) groups is 1. The van der Waals surface area contributed by atoms with Crippen LogP contribution >= 0.6 is 15.9 Å². The lowest BCUT2D eigenvalue weighted by Gasteiger charge is -2.28. The first kappa shape index (κ1) is 18.5. The van der Waals surface area contributed by atoms with Crippen LogP contribution in [0.1, 0.15) is 30.9 Å². The summed E-state index contributed by atoms with van der Waals surface area (Å²) in [6.45, 7) is 3.67. The molecular weight excluding hydrogens is 424 g/mol. The van der Waals surface area contributed by atoms with Gasteiger partial charge in [0.2, 0.25) is 0 Å². The summed E-state index contributed by atoms with van der Waals surface area (Å²) in [4.78, 5) is 25.7. The predicted octanol–water partition coefficient (Wildman–Crippen LogP) is 4.92. The van der Waals surface area contributed by atoms with E-state index < -0.39 is 17.5 Å². The van der Waals surface area contributed by atoms with Crippen LogP contribution in [0.25, 0.3) is 11.0 Å². The Balaban J connectivity index is 2.03. The van der Waals surface area contributed by atoms with Gasteiger partial charge in [0.1, 0.15) is 17.1 Å². The predicted molar refractivity (Wildman–Crippen MR) is 108 cm³/mol. The van der Waals surface area contributed by atoms with Crippen LogP contribution in [0.15, 0.2) is 73.5 Å². The highest BCUT2D eigenvalue weighted by Gasteiger charge is 2.38. The van der Waals surface area contributed by atoms with E-state index in [1.54, 1.807) is 26.0 Å². The number of hydrogen-bond donors (Lipinski definition) is 0. The Morgan fingerprint density at radius 1 is 1.14 bits per heavy atom. The molecule has 0 N–H and O–H groups in total. The largest absolute Gasteiger partial charge is 0.463 e. The average molecular weight is 441 g/mol. The first-order chi connectivity index (χ1) is 13.5. The van der Waals surface area contributed by atoms with Crippen molar-refractivity contribution in [3.05, 3.63) is 85.9 Å².